The van der Waals surface area contributed by atoms with Crippen molar-refractivity contribution in [2.75, 3.05) is 19.8 Å². The fourth-order valence-electron chi connectivity index (χ4n) is 1.26. The number of rotatable bonds is 0. The minimum atomic E-state index is -0.0201. The predicted molar refractivity (Wildman–Crippen MR) is 33.4 cm³/mol. The molecule has 0 aromatic heterocycles. The molecule has 0 amide bonds. The zero-order valence-electron chi connectivity index (χ0n) is 5.71. The standard InChI is InChI=1S/C7H10O3/c8-7-6-3-5(6)4-9-1-2-10-7/h5-6H,1-4H2/t5-,6-/m0/s1. The Kier molecular flexibility index (Phi) is 1.38. The topological polar surface area (TPSA) is 35.5 Å². The van der Waals surface area contributed by atoms with Crippen molar-refractivity contribution >= 4 is 5.97 Å². The van der Waals surface area contributed by atoms with E-state index in [0.29, 0.717) is 19.1 Å². The van der Waals surface area contributed by atoms with E-state index in [1.54, 1.807) is 0 Å². The van der Waals surface area contributed by atoms with Crippen LogP contribution >= 0.6 is 0 Å². The third-order valence-electron chi connectivity index (χ3n) is 2.03. The van der Waals surface area contributed by atoms with E-state index in [2.05, 4.69) is 0 Å². The van der Waals surface area contributed by atoms with Gasteiger partial charge in [0.2, 0.25) is 0 Å². The smallest absolute Gasteiger partial charge is 0.309 e. The summed E-state index contributed by atoms with van der Waals surface area (Å²) in [5.74, 6) is 0.612. The van der Waals surface area contributed by atoms with E-state index in [0.717, 1.165) is 13.0 Å². The van der Waals surface area contributed by atoms with Gasteiger partial charge >= 0.3 is 5.97 Å². The molecular weight excluding hydrogens is 132 g/mol. The molecule has 3 nitrogen and oxygen atoms in total. The predicted octanol–water partition coefficient (Wildman–Crippen LogP) is 0.196. The van der Waals surface area contributed by atoms with E-state index in [9.17, 15) is 4.79 Å². The summed E-state index contributed by atoms with van der Waals surface area (Å²) in [7, 11) is 0. The highest BCUT2D eigenvalue weighted by molar-refractivity contribution is 5.75. The number of ether oxygens (including phenoxy) is 2. The minimum absolute atomic E-state index is 0.0201. The van der Waals surface area contributed by atoms with Gasteiger partial charge < -0.3 is 9.47 Å². The van der Waals surface area contributed by atoms with Gasteiger partial charge in [-0.2, -0.15) is 0 Å². The maximum absolute atomic E-state index is 10.9. The van der Waals surface area contributed by atoms with Gasteiger partial charge in [-0.1, -0.05) is 0 Å². The van der Waals surface area contributed by atoms with E-state index < -0.39 is 0 Å². The second-order valence-corrected chi connectivity index (χ2v) is 2.84. The van der Waals surface area contributed by atoms with Gasteiger partial charge in [-0.25, -0.2) is 0 Å². The molecule has 0 radical (unpaired) electrons. The van der Waals surface area contributed by atoms with Crippen LogP contribution in [0.4, 0.5) is 0 Å². The molecule has 56 valence electrons. The summed E-state index contributed by atoms with van der Waals surface area (Å²) < 4.78 is 10.1. The first kappa shape index (κ1) is 6.16. The zero-order valence-corrected chi connectivity index (χ0v) is 5.71. The van der Waals surface area contributed by atoms with E-state index >= 15 is 0 Å². The summed E-state index contributed by atoms with van der Waals surface area (Å²) in [6.45, 7) is 1.75. The quantitative estimate of drug-likeness (QED) is 0.453. The Morgan fingerprint density at radius 2 is 2.30 bits per heavy atom. The van der Waals surface area contributed by atoms with E-state index in [-0.39, 0.29) is 11.9 Å². The van der Waals surface area contributed by atoms with Crippen molar-refractivity contribution in [1.29, 1.82) is 0 Å². The van der Waals surface area contributed by atoms with Gasteiger partial charge in [-0.3, -0.25) is 4.79 Å². The second-order valence-electron chi connectivity index (χ2n) is 2.84. The molecule has 0 aromatic carbocycles. The lowest BCUT2D eigenvalue weighted by Crippen LogP contribution is -2.17. The number of carbonyl (C=O) groups is 1. The van der Waals surface area contributed by atoms with Crippen molar-refractivity contribution in [2.24, 2.45) is 11.8 Å². The monoisotopic (exact) mass is 142 g/mol. The summed E-state index contributed by atoms with van der Waals surface area (Å²) in [6.07, 6.45) is 0.971. The fraction of sp³-hybridized carbons (Fsp3) is 0.857. The van der Waals surface area contributed by atoms with Crippen molar-refractivity contribution in [3.05, 3.63) is 0 Å². The maximum Gasteiger partial charge on any atom is 0.309 e. The summed E-state index contributed by atoms with van der Waals surface area (Å²) in [4.78, 5) is 10.9. The van der Waals surface area contributed by atoms with Crippen molar-refractivity contribution in [1.82, 2.24) is 0 Å². The molecule has 2 atom stereocenters. The normalized spacial score (nSPS) is 39.0. The third-order valence-corrected chi connectivity index (χ3v) is 2.03. The molecule has 2 fully saturated rings. The Labute approximate surface area is 59.3 Å². The molecule has 2 aliphatic rings. The number of esters is 1. The lowest BCUT2D eigenvalue weighted by atomic mass is 10.3. The number of fused-ring (bicyclic) bond motifs is 1. The molecule has 1 saturated heterocycles. The van der Waals surface area contributed by atoms with Crippen LogP contribution in [0.25, 0.3) is 0 Å². The molecule has 3 heteroatoms. The minimum Gasteiger partial charge on any atom is -0.463 e. The Bertz CT molecular complexity index is 155. The molecule has 0 aromatic rings. The van der Waals surface area contributed by atoms with Gasteiger partial charge in [-0.05, 0) is 12.3 Å². The first-order chi connectivity index (χ1) is 4.88. The van der Waals surface area contributed by atoms with Gasteiger partial charge in [0, 0.05) is 0 Å². The van der Waals surface area contributed by atoms with Gasteiger partial charge in [-0.15, -0.1) is 0 Å². The Balaban J connectivity index is 1.94. The molecule has 0 spiro atoms. The van der Waals surface area contributed by atoms with Crippen LogP contribution in [-0.4, -0.2) is 25.8 Å². The van der Waals surface area contributed by atoms with Crippen LogP contribution in [0.2, 0.25) is 0 Å². The molecule has 1 heterocycles. The average Bonchev–Trinajstić information content (AvgIpc) is 2.62. The van der Waals surface area contributed by atoms with Gasteiger partial charge in [0.25, 0.3) is 0 Å². The molecule has 0 N–H and O–H groups in total. The Morgan fingerprint density at radius 1 is 1.40 bits per heavy atom. The summed E-state index contributed by atoms with van der Waals surface area (Å²) >= 11 is 0. The molecule has 1 aliphatic carbocycles. The average molecular weight is 142 g/mol. The highest BCUT2D eigenvalue weighted by Gasteiger charge is 2.44. The van der Waals surface area contributed by atoms with Crippen molar-refractivity contribution < 1.29 is 14.3 Å². The fourth-order valence-corrected chi connectivity index (χ4v) is 1.26. The van der Waals surface area contributed by atoms with Crippen LogP contribution < -0.4 is 0 Å². The van der Waals surface area contributed by atoms with E-state index in [1.807, 2.05) is 0 Å². The third kappa shape index (κ3) is 1.01. The molecule has 0 bridgehead atoms. The maximum atomic E-state index is 10.9. The number of carbonyl (C=O) groups excluding carboxylic acids is 1. The second kappa shape index (κ2) is 2.23. The Hall–Kier alpha value is -0.570. The highest BCUT2D eigenvalue weighted by Crippen LogP contribution is 2.40. The molecule has 1 aliphatic heterocycles. The van der Waals surface area contributed by atoms with Crippen molar-refractivity contribution in [2.45, 2.75) is 6.42 Å². The zero-order chi connectivity index (χ0) is 6.97. The number of hydrogen-bond donors (Lipinski definition) is 0. The summed E-state index contributed by atoms with van der Waals surface area (Å²) in [5, 5.41) is 0. The molecule has 10 heavy (non-hydrogen) atoms. The number of cyclic esters (lactones) is 1. The van der Waals surface area contributed by atoms with Crippen LogP contribution in [0.15, 0.2) is 0 Å². The van der Waals surface area contributed by atoms with Crippen LogP contribution in [0.5, 0.6) is 0 Å². The van der Waals surface area contributed by atoms with E-state index in [1.165, 1.54) is 0 Å². The van der Waals surface area contributed by atoms with Crippen LogP contribution in [0, 0.1) is 11.8 Å². The van der Waals surface area contributed by atoms with Gasteiger partial charge in [0.05, 0.1) is 19.1 Å². The first-order valence-electron chi connectivity index (χ1n) is 3.62. The molecule has 1 saturated carbocycles. The molecule has 2 rings (SSSR count). The highest BCUT2D eigenvalue weighted by atomic mass is 16.6. The van der Waals surface area contributed by atoms with Crippen LogP contribution in [0.3, 0.4) is 0 Å². The van der Waals surface area contributed by atoms with Crippen LogP contribution in [0.1, 0.15) is 6.42 Å². The van der Waals surface area contributed by atoms with Gasteiger partial charge in [0.15, 0.2) is 0 Å². The number of hydrogen-bond acceptors (Lipinski definition) is 3. The lowest BCUT2D eigenvalue weighted by Gasteiger charge is -2.08. The van der Waals surface area contributed by atoms with E-state index in [4.69, 9.17) is 9.47 Å². The van der Waals surface area contributed by atoms with Gasteiger partial charge in [0.1, 0.15) is 6.61 Å². The Morgan fingerprint density at radius 3 is 3.20 bits per heavy atom. The SMILES string of the molecule is O=C1OCCOC[C@@H]2C[C@H]12. The molecular formula is C7H10O3. The summed E-state index contributed by atoms with van der Waals surface area (Å²) in [5.41, 5.74) is 0. The van der Waals surface area contributed by atoms with Crippen molar-refractivity contribution in [3.63, 3.8) is 0 Å². The van der Waals surface area contributed by atoms with Crippen LogP contribution in [-0.2, 0) is 14.3 Å². The lowest BCUT2D eigenvalue weighted by molar-refractivity contribution is -0.149. The largest absolute Gasteiger partial charge is 0.463 e. The summed E-state index contributed by atoms with van der Waals surface area (Å²) in [6, 6.07) is 0. The van der Waals surface area contributed by atoms with Crippen molar-refractivity contribution in [3.8, 4) is 0 Å². The molecule has 0 unspecified atom stereocenters. The first-order valence-corrected chi connectivity index (χ1v) is 3.62.